The third-order valence-electron chi connectivity index (χ3n) is 4.33. The van der Waals surface area contributed by atoms with Crippen LogP contribution >= 0.6 is 0 Å². The first-order chi connectivity index (χ1) is 13.4. The van der Waals surface area contributed by atoms with Crippen LogP contribution in [0.4, 0.5) is 16.2 Å². The maximum absolute atomic E-state index is 12.4. The summed E-state index contributed by atoms with van der Waals surface area (Å²) in [6, 6.07) is 12.6. The number of para-hydroxylation sites is 2. The number of anilines is 2. The summed E-state index contributed by atoms with van der Waals surface area (Å²) >= 11 is 0. The molecule has 148 valence electrons. The van der Waals surface area contributed by atoms with Gasteiger partial charge < -0.3 is 20.7 Å². The molecule has 1 fully saturated rings. The van der Waals surface area contributed by atoms with E-state index in [1.807, 2.05) is 0 Å². The van der Waals surface area contributed by atoms with Crippen LogP contribution in [0.5, 0.6) is 5.75 Å². The summed E-state index contributed by atoms with van der Waals surface area (Å²) in [7, 11) is -1.53. The van der Waals surface area contributed by atoms with E-state index < -0.39 is 15.9 Å². The molecule has 0 spiro atoms. The molecule has 0 aromatic heterocycles. The van der Waals surface area contributed by atoms with E-state index in [-0.39, 0.29) is 23.5 Å². The van der Waals surface area contributed by atoms with Crippen molar-refractivity contribution in [1.82, 2.24) is 5.32 Å². The fourth-order valence-electron chi connectivity index (χ4n) is 2.91. The van der Waals surface area contributed by atoms with E-state index in [1.165, 1.54) is 7.11 Å². The Bertz CT molecular complexity index is 973. The Labute approximate surface area is 163 Å². The molecule has 1 heterocycles. The fraction of sp³-hybridized carbons (Fsp3) is 0.263. The van der Waals surface area contributed by atoms with Gasteiger partial charge in [0.2, 0.25) is 0 Å². The number of nitrogens with one attached hydrogen (secondary N) is 3. The summed E-state index contributed by atoms with van der Waals surface area (Å²) in [6.45, 7) is 0. The Morgan fingerprint density at radius 3 is 2.39 bits per heavy atom. The first-order valence-electron chi connectivity index (χ1n) is 8.69. The van der Waals surface area contributed by atoms with Gasteiger partial charge in [-0.15, -0.1) is 0 Å². The van der Waals surface area contributed by atoms with E-state index in [4.69, 9.17) is 4.74 Å². The van der Waals surface area contributed by atoms with Crippen LogP contribution in [0.1, 0.15) is 16.8 Å². The van der Waals surface area contributed by atoms with Crippen LogP contribution in [0.3, 0.4) is 0 Å². The van der Waals surface area contributed by atoms with Gasteiger partial charge in [-0.3, -0.25) is 4.79 Å². The van der Waals surface area contributed by atoms with E-state index in [2.05, 4.69) is 16.0 Å². The van der Waals surface area contributed by atoms with Crippen molar-refractivity contribution in [1.29, 1.82) is 0 Å². The van der Waals surface area contributed by atoms with Crippen LogP contribution in [0.25, 0.3) is 0 Å². The Hall–Kier alpha value is -3.07. The number of hydrogen-bond acceptors (Lipinski definition) is 5. The summed E-state index contributed by atoms with van der Waals surface area (Å²) in [6.07, 6.45) is 0.414. The third-order valence-corrected chi connectivity index (χ3v) is 6.10. The Balaban J connectivity index is 1.57. The van der Waals surface area contributed by atoms with Gasteiger partial charge in [-0.25, -0.2) is 13.2 Å². The minimum absolute atomic E-state index is 0.0392. The number of carbonyl (C=O) groups is 2. The SMILES string of the molecule is COc1ccccc1NC(=O)c1ccc(NC(=O)N[C@H]2CCS(=O)(=O)C2)cc1. The van der Waals surface area contributed by atoms with Crippen molar-refractivity contribution in [2.75, 3.05) is 29.2 Å². The minimum Gasteiger partial charge on any atom is -0.495 e. The highest BCUT2D eigenvalue weighted by atomic mass is 32.2. The number of rotatable bonds is 5. The van der Waals surface area contributed by atoms with E-state index in [1.54, 1.807) is 48.5 Å². The van der Waals surface area contributed by atoms with Gasteiger partial charge in [-0.2, -0.15) is 0 Å². The lowest BCUT2D eigenvalue weighted by Crippen LogP contribution is -2.38. The molecule has 0 unspecified atom stereocenters. The highest BCUT2D eigenvalue weighted by Crippen LogP contribution is 2.24. The number of carbonyl (C=O) groups excluding carboxylic acids is 2. The second-order valence-electron chi connectivity index (χ2n) is 6.43. The van der Waals surface area contributed by atoms with Gasteiger partial charge in [0.15, 0.2) is 9.84 Å². The summed E-state index contributed by atoms with van der Waals surface area (Å²) in [4.78, 5) is 24.4. The normalized spacial score (nSPS) is 17.5. The van der Waals surface area contributed by atoms with Gasteiger partial charge in [0.1, 0.15) is 5.75 Å². The molecule has 2 aromatic rings. The van der Waals surface area contributed by atoms with Crippen LogP contribution in [-0.4, -0.2) is 45.0 Å². The minimum atomic E-state index is -3.06. The van der Waals surface area contributed by atoms with Gasteiger partial charge in [-0.1, -0.05) is 12.1 Å². The van der Waals surface area contributed by atoms with Crippen molar-refractivity contribution in [3.8, 4) is 5.75 Å². The molecule has 1 aliphatic rings. The largest absolute Gasteiger partial charge is 0.495 e. The summed E-state index contributed by atoms with van der Waals surface area (Å²) in [5, 5.41) is 8.05. The standard InChI is InChI=1S/C19H21N3O5S/c1-27-17-5-3-2-4-16(17)22-18(23)13-6-8-14(9-7-13)20-19(24)21-15-10-11-28(25,26)12-15/h2-9,15H,10-12H2,1H3,(H,22,23)(H2,20,21,24)/t15-/m0/s1. The predicted octanol–water partition coefficient (Wildman–Crippen LogP) is 2.26. The average Bonchev–Trinajstić information content (AvgIpc) is 3.00. The van der Waals surface area contributed by atoms with Crippen molar-refractivity contribution in [3.63, 3.8) is 0 Å². The highest BCUT2D eigenvalue weighted by molar-refractivity contribution is 7.91. The summed E-state index contributed by atoms with van der Waals surface area (Å²) in [5.41, 5.74) is 1.47. The zero-order chi connectivity index (χ0) is 20.1. The Morgan fingerprint density at radius 1 is 1.04 bits per heavy atom. The lowest BCUT2D eigenvalue weighted by atomic mass is 10.2. The number of benzene rings is 2. The monoisotopic (exact) mass is 403 g/mol. The smallest absolute Gasteiger partial charge is 0.319 e. The second kappa shape index (κ2) is 8.30. The van der Waals surface area contributed by atoms with Crippen molar-refractivity contribution in [2.45, 2.75) is 12.5 Å². The van der Waals surface area contributed by atoms with Crippen LogP contribution in [-0.2, 0) is 9.84 Å². The zero-order valence-corrected chi connectivity index (χ0v) is 16.1. The number of methoxy groups -OCH3 is 1. The maximum Gasteiger partial charge on any atom is 0.319 e. The van der Waals surface area contributed by atoms with E-state index in [0.29, 0.717) is 29.1 Å². The Kier molecular flexibility index (Phi) is 5.84. The van der Waals surface area contributed by atoms with E-state index in [9.17, 15) is 18.0 Å². The fourth-order valence-corrected chi connectivity index (χ4v) is 4.58. The van der Waals surface area contributed by atoms with E-state index >= 15 is 0 Å². The van der Waals surface area contributed by atoms with Crippen LogP contribution < -0.4 is 20.7 Å². The average molecular weight is 403 g/mol. The van der Waals surface area contributed by atoms with Crippen molar-refractivity contribution in [2.24, 2.45) is 0 Å². The van der Waals surface area contributed by atoms with Crippen molar-refractivity contribution < 1.29 is 22.7 Å². The molecule has 28 heavy (non-hydrogen) atoms. The molecule has 1 atom stereocenters. The van der Waals surface area contributed by atoms with Gasteiger partial charge in [0.25, 0.3) is 5.91 Å². The molecular weight excluding hydrogens is 382 g/mol. The number of urea groups is 1. The molecule has 1 saturated heterocycles. The number of sulfone groups is 1. The molecule has 3 amide bonds. The summed E-state index contributed by atoms with van der Waals surface area (Å²) < 4.78 is 28.1. The highest BCUT2D eigenvalue weighted by Gasteiger charge is 2.28. The summed E-state index contributed by atoms with van der Waals surface area (Å²) in [5.74, 6) is 0.299. The van der Waals surface area contributed by atoms with Crippen LogP contribution in [0.15, 0.2) is 48.5 Å². The Morgan fingerprint density at radius 2 is 1.75 bits per heavy atom. The van der Waals surface area contributed by atoms with Gasteiger partial charge >= 0.3 is 6.03 Å². The van der Waals surface area contributed by atoms with Crippen LogP contribution in [0.2, 0.25) is 0 Å². The number of amides is 3. The van der Waals surface area contributed by atoms with Gasteiger partial charge in [0, 0.05) is 17.3 Å². The molecule has 0 bridgehead atoms. The molecule has 1 aliphatic heterocycles. The predicted molar refractivity (Wildman–Crippen MR) is 107 cm³/mol. The van der Waals surface area contributed by atoms with Crippen molar-refractivity contribution >= 4 is 33.2 Å². The molecule has 8 nitrogen and oxygen atoms in total. The molecule has 3 N–H and O–H groups in total. The quantitative estimate of drug-likeness (QED) is 0.709. The molecule has 0 aliphatic carbocycles. The first kappa shape index (κ1) is 19.7. The number of hydrogen-bond donors (Lipinski definition) is 3. The molecule has 3 rings (SSSR count). The first-order valence-corrected chi connectivity index (χ1v) is 10.5. The maximum atomic E-state index is 12.4. The molecule has 0 saturated carbocycles. The molecule has 0 radical (unpaired) electrons. The number of ether oxygens (including phenoxy) is 1. The topological polar surface area (TPSA) is 114 Å². The van der Waals surface area contributed by atoms with Crippen LogP contribution in [0, 0.1) is 0 Å². The van der Waals surface area contributed by atoms with E-state index in [0.717, 1.165) is 0 Å². The van der Waals surface area contributed by atoms with Gasteiger partial charge in [-0.05, 0) is 42.8 Å². The molecular formula is C19H21N3O5S. The molecule has 2 aromatic carbocycles. The lowest BCUT2D eigenvalue weighted by molar-refractivity contribution is 0.102. The molecule has 9 heteroatoms. The second-order valence-corrected chi connectivity index (χ2v) is 8.66. The van der Waals surface area contributed by atoms with Gasteiger partial charge in [0.05, 0.1) is 24.3 Å². The third kappa shape index (κ3) is 5.01. The van der Waals surface area contributed by atoms with Crippen molar-refractivity contribution in [3.05, 3.63) is 54.1 Å². The zero-order valence-electron chi connectivity index (χ0n) is 15.3. The lowest BCUT2D eigenvalue weighted by Gasteiger charge is -2.13.